The van der Waals surface area contributed by atoms with Crippen LogP contribution in [0.3, 0.4) is 0 Å². The summed E-state index contributed by atoms with van der Waals surface area (Å²) in [5.41, 5.74) is 1.56. The lowest BCUT2D eigenvalue weighted by Crippen LogP contribution is -2.50. The predicted molar refractivity (Wildman–Crippen MR) is 153 cm³/mol. The van der Waals surface area contributed by atoms with E-state index in [1.54, 1.807) is 29.2 Å². The van der Waals surface area contributed by atoms with Gasteiger partial charge >= 0.3 is 0 Å². The second-order valence-electron chi connectivity index (χ2n) is 10.9. The monoisotopic (exact) mass is 576 g/mol. The maximum absolute atomic E-state index is 13.7. The Balaban J connectivity index is 1.51. The highest BCUT2D eigenvalue weighted by Gasteiger charge is 2.40. The topological polar surface area (TPSA) is 112 Å². The Kier molecular flexibility index (Phi) is 10.2. The highest BCUT2D eigenvalue weighted by molar-refractivity contribution is 7.94. The normalized spacial score (nSPS) is 20.6. The fraction of sp³-hybridized carbons (Fsp3) is 0.552. The van der Waals surface area contributed by atoms with Crippen LogP contribution in [0.1, 0.15) is 54.4 Å². The number of aliphatic hydroxyl groups is 1. The molecule has 1 heterocycles. The molecule has 1 amide bonds. The Morgan fingerprint density at radius 1 is 0.923 bits per heavy atom. The molecule has 1 aliphatic heterocycles. The van der Waals surface area contributed by atoms with E-state index in [0.717, 1.165) is 31.2 Å². The Morgan fingerprint density at radius 2 is 1.56 bits per heavy atom. The quantitative estimate of drug-likeness (QED) is 0.416. The molecule has 214 valence electrons. The molecule has 8 nitrogen and oxygen atoms in total. The van der Waals surface area contributed by atoms with Gasteiger partial charge in [-0.3, -0.25) is 4.79 Å². The van der Waals surface area contributed by atoms with Gasteiger partial charge in [0.1, 0.15) is 0 Å². The van der Waals surface area contributed by atoms with Gasteiger partial charge in [0.2, 0.25) is 10.0 Å². The van der Waals surface area contributed by atoms with Gasteiger partial charge in [0, 0.05) is 31.7 Å². The standard InChI is InChI=1S/C29H40N2O6S2/c32-27(21-30(18-17-24-10-3-1-4-11-24)29(33)26-14-5-2-6-15-26)22-31(20-25-12-7-8-13-25)39(36,37)28-16-9-19-38(34,35)23-28/h1-6,10-11,14-15,25,27-28,32H,7-9,12-13,16-23H2/t27-,28?/m0/s1. The summed E-state index contributed by atoms with van der Waals surface area (Å²) in [7, 11) is -7.37. The minimum absolute atomic E-state index is 0.0161. The number of carbonyl (C=O) groups is 1. The highest BCUT2D eigenvalue weighted by atomic mass is 32.2. The second-order valence-corrected chi connectivity index (χ2v) is 15.3. The van der Waals surface area contributed by atoms with E-state index in [0.29, 0.717) is 31.4 Å². The van der Waals surface area contributed by atoms with Crippen molar-refractivity contribution in [2.75, 3.05) is 37.7 Å². The van der Waals surface area contributed by atoms with Gasteiger partial charge in [-0.25, -0.2) is 16.8 Å². The second kappa shape index (κ2) is 13.4. The van der Waals surface area contributed by atoms with Crippen LogP contribution in [0.2, 0.25) is 0 Å². The van der Waals surface area contributed by atoms with Gasteiger partial charge < -0.3 is 10.0 Å². The highest BCUT2D eigenvalue weighted by Crippen LogP contribution is 2.29. The first kappa shape index (κ1) is 29.7. The summed E-state index contributed by atoms with van der Waals surface area (Å²) in [6.07, 6.45) is 4.01. The third kappa shape index (κ3) is 8.36. The van der Waals surface area contributed by atoms with Crippen LogP contribution in [0.4, 0.5) is 0 Å². The maximum atomic E-state index is 13.7. The molecule has 0 bridgehead atoms. The molecule has 0 aromatic heterocycles. The molecule has 2 aromatic rings. The Hall–Kier alpha value is -2.27. The largest absolute Gasteiger partial charge is 0.390 e. The van der Waals surface area contributed by atoms with Crippen molar-refractivity contribution in [2.24, 2.45) is 5.92 Å². The first-order valence-corrected chi connectivity index (χ1v) is 17.2. The van der Waals surface area contributed by atoms with Crippen LogP contribution in [-0.2, 0) is 26.3 Å². The van der Waals surface area contributed by atoms with Gasteiger partial charge in [0.15, 0.2) is 9.84 Å². The number of nitrogens with zero attached hydrogens (tertiary/aromatic N) is 2. The van der Waals surface area contributed by atoms with E-state index in [4.69, 9.17) is 0 Å². The third-order valence-electron chi connectivity index (χ3n) is 7.81. The summed E-state index contributed by atoms with van der Waals surface area (Å²) in [6.45, 7) is 0.442. The Bertz CT molecular complexity index is 1280. The van der Waals surface area contributed by atoms with Crippen molar-refractivity contribution in [3.05, 3.63) is 71.8 Å². The van der Waals surface area contributed by atoms with E-state index in [1.165, 1.54) is 4.31 Å². The number of carbonyl (C=O) groups excluding carboxylic acids is 1. The van der Waals surface area contributed by atoms with Gasteiger partial charge in [0.25, 0.3) is 5.91 Å². The third-order valence-corrected chi connectivity index (χ3v) is 12.1. The zero-order valence-corrected chi connectivity index (χ0v) is 24.0. The Morgan fingerprint density at radius 3 is 2.21 bits per heavy atom. The lowest BCUT2D eigenvalue weighted by molar-refractivity contribution is 0.0584. The van der Waals surface area contributed by atoms with Gasteiger partial charge in [-0.15, -0.1) is 0 Å². The van der Waals surface area contributed by atoms with E-state index in [9.17, 15) is 26.7 Å². The average Bonchev–Trinajstić information content (AvgIpc) is 3.44. The van der Waals surface area contributed by atoms with Crippen molar-refractivity contribution >= 4 is 25.8 Å². The number of hydrogen-bond acceptors (Lipinski definition) is 6. The molecule has 2 fully saturated rings. The molecule has 39 heavy (non-hydrogen) atoms. The van der Waals surface area contributed by atoms with E-state index in [1.807, 2.05) is 36.4 Å². The zero-order chi connectivity index (χ0) is 27.9. The summed E-state index contributed by atoms with van der Waals surface area (Å²) in [5, 5.41) is 10.2. The minimum atomic E-state index is -3.95. The van der Waals surface area contributed by atoms with E-state index < -0.39 is 31.2 Å². The first-order chi connectivity index (χ1) is 18.6. The molecule has 1 aliphatic carbocycles. The van der Waals surface area contributed by atoms with Crippen LogP contribution >= 0.6 is 0 Å². The van der Waals surface area contributed by atoms with Crippen molar-refractivity contribution in [1.82, 2.24) is 9.21 Å². The molecule has 1 saturated carbocycles. The van der Waals surface area contributed by atoms with E-state index >= 15 is 0 Å². The molecule has 0 spiro atoms. The number of aliphatic hydroxyl groups excluding tert-OH is 1. The summed E-state index contributed by atoms with van der Waals surface area (Å²) in [5.74, 6) is -0.397. The van der Waals surface area contributed by atoms with Crippen molar-refractivity contribution in [2.45, 2.75) is 56.3 Å². The lowest BCUT2D eigenvalue weighted by atomic mass is 10.1. The fourth-order valence-electron chi connectivity index (χ4n) is 5.68. The van der Waals surface area contributed by atoms with Crippen LogP contribution in [-0.4, -0.2) is 86.1 Å². The smallest absolute Gasteiger partial charge is 0.253 e. The van der Waals surface area contributed by atoms with Gasteiger partial charge in [-0.05, 0) is 55.7 Å². The molecular formula is C29H40N2O6S2. The lowest BCUT2D eigenvalue weighted by Gasteiger charge is -2.33. The molecular weight excluding hydrogens is 536 g/mol. The van der Waals surface area contributed by atoms with Gasteiger partial charge in [0.05, 0.1) is 22.9 Å². The summed E-state index contributed by atoms with van der Waals surface area (Å²) in [4.78, 5) is 15.0. The molecule has 0 radical (unpaired) electrons. The SMILES string of the molecule is O=C(c1ccccc1)N(CCc1ccccc1)C[C@H](O)CN(CC1CCCC1)S(=O)(=O)C1CCCS(=O)(=O)C1. The van der Waals surface area contributed by atoms with Crippen LogP contribution in [0.15, 0.2) is 60.7 Å². The van der Waals surface area contributed by atoms with Crippen LogP contribution in [0.25, 0.3) is 0 Å². The summed E-state index contributed by atoms with van der Waals surface area (Å²) >= 11 is 0. The summed E-state index contributed by atoms with van der Waals surface area (Å²) in [6, 6.07) is 18.6. The molecule has 2 aliphatic rings. The van der Waals surface area contributed by atoms with Gasteiger partial charge in [-0.2, -0.15) is 4.31 Å². The molecule has 4 rings (SSSR count). The van der Waals surface area contributed by atoms with Crippen molar-refractivity contribution in [3.8, 4) is 0 Å². The molecule has 1 unspecified atom stereocenters. The van der Waals surface area contributed by atoms with Crippen molar-refractivity contribution in [1.29, 1.82) is 0 Å². The van der Waals surface area contributed by atoms with Crippen molar-refractivity contribution in [3.63, 3.8) is 0 Å². The molecule has 1 saturated heterocycles. The van der Waals surface area contributed by atoms with Crippen molar-refractivity contribution < 1.29 is 26.7 Å². The van der Waals surface area contributed by atoms with Crippen LogP contribution < -0.4 is 0 Å². The number of benzene rings is 2. The maximum Gasteiger partial charge on any atom is 0.253 e. The fourth-order valence-corrected chi connectivity index (χ4v) is 10.2. The molecule has 1 N–H and O–H groups in total. The average molecular weight is 577 g/mol. The number of hydrogen-bond donors (Lipinski definition) is 1. The zero-order valence-electron chi connectivity index (χ0n) is 22.4. The van der Waals surface area contributed by atoms with Crippen LogP contribution in [0.5, 0.6) is 0 Å². The summed E-state index contributed by atoms with van der Waals surface area (Å²) < 4.78 is 53.3. The number of sulfone groups is 1. The molecule has 10 heteroatoms. The predicted octanol–water partition coefficient (Wildman–Crippen LogP) is 3.13. The number of rotatable bonds is 12. The van der Waals surface area contributed by atoms with Crippen LogP contribution in [0, 0.1) is 5.92 Å². The minimum Gasteiger partial charge on any atom is -0.390 e. The van der Waals surface area contributed by atoms with E-state index in [2.05, 4.69) is 0 Å². The molecule has 2 atom stereocenters. The number of amides is 1. The molecule has 2 aromatic carbocycles. The van der Waals surface area contributed by atoms with Gasteiger partial charge in [-0.1, -0.05) is 61.4 Å². The number of sulfonamides is 1. The van der Waals surface area contributed by atoms with E-state index in [-0.39, 0.29) is 43.0 Å². The first-order valence-electron chi connectivity index (χ1n) is 13.9. The Labute approximate surface area is 233 Å².